The monoisotopic (exact) mass is 447 g/mol. The molecule has 0 bridgehead atoms. The Morgan fingerprint density at radius 1 is 1.10 bits per heavy atom. The zero-order chi connectivity index (χ0) is 21.8. The molecule has 164 valence electrons. The van der Waals surface area contributed by atoms with E-state index in [0.717, 1.165) is 11.1 Å². The van der Waals surface area contributed by atoms with E-state index in [1.165, 1.54) is 0 Å². The van der Waals surface area contributed by atoms with Crippen molar-refractivity contribution in [3.8, 4) is 0 Å². The first-order valence-corrected chi connectivity index (χ1v) is 11.1. The Bertz CT molecular complexity index is 1030. The van der Waals surface area contributed by atoms with E-state index in [9.17, 15) is 13.0 Å². The van der Waals surface area contributed by atoms with E-state index < -0.39 is 46.2 Å². The Morgan fingerprint density at radius 2 is 1.77 bits per heavy atom. The first kappa shape index (κ1) is 21.7. The maximum Gasteiger partial charge on any atom is 0.273 e. The molecule has 0 aliphatic carbocycles. The van der Waals surface area contributed by atoms with E-state index in [2.05, 4.69) is 10.0 Å². The average molecular weight is 447 g/mol. The number of benzene rings is 2. The standard InChI is InChI=1S/C20H21N3O7S/c21-23-22-19-18(31(24,25)26)17(27-11-13-7-3-1-4-8-13)16-15(29-19)12-28-20(30-16)14-9-5-2-6-10-14/h1-10,15-20H,11-12H2,(H,24,25,26)/t15-,16-,17+,18-,19+,20-/m1/s1. The summed E-state index contributed by atoms with van der Waals surface area (Å²) >= 11 is 0. The molecule has 2 saturated heterocycles. The van der Waals surface area contributed by atoms with E-state index in [0.29, 0.717) is 0 Å². The first-order chi connectivity index (χ1) is 15.0. The minimum absolute atomic E-state index is 0.0595. The van der Waals surface area contributed by atoms with Crippen molar-refractivity contribution in [2.24, 2.45) is 5.11 Å². The van der Waals surface area contributed by atoms with Crippen LogP contribution < -0.4 is 0 Å². The van der Waals surface area contributed by atoms with Crippen LogP contribution in [-0.2, 0) is 35.7 Å². The summed E-state index contributed by atoms with van der Waals surface area (Å²) in [6, 6.07) is 18.3. The van der Waals surface area contributed by atoms with Gasteiger partial charge in [-0.1, -0.05) is 65.8 Å². The van der Waals surface area contributed by atoms with Crippen LogP contribution in [0, 0.1) is 0 Å². The lowest BCUT2D eigenvalue weighted by Crippen LogP contribution is -2.63. The average Bonchev–Trinajstić information content (AvgIpc) is 2.77. The highest BCUT2D eigenvalue weighted by Gasteiger charge is 2.55. The fourth-order valence-corrected chi connectivity index (χ4v) is 4.75. The lowest BCUT2D eigenvalue weighted by atomic mass is 9.98. The van der Waals surface area contributed by atoms with Crippen LogP contribution in [0.5, 0.6) is 0 Å². The minimum Gasteiger partial charge on any atom is -0.369 e. The van der Waals surface area contributed by atoms with Crippen LogP contribution in [-0.4, -0.2) is 49.4 Å². The predicted molar refractivity (Wildman–Crippen MR) is 108 cm³/mol. The Kier molecular flexibility index (Phi) is 6.54. The smallest absolute Gasteiger partial charge is 0.273 e. The number of rotatable bonds is 6. The highest BCUT2D eigenvalue weighted by Crippen LogP contribution is 2.38. The second kappa shape index (κ2) is 9.33. The van der Waals surface area contributed by atoms with Crippen LogP contribution in [0.15, 0.2) is 65.8 Å². The third-order valence-corrected chi connectivity index (χ3v) is 6.36. The van der Waals surface area contributed by atoms with Crippen molar-refractivity contribution in [3.05, 3.63) is 82.2 Å². The van der Waals surface area contributed by atoms with Crippen molar-refractivity contribution >= 4 is 10.1 Å². The third-order valence-electron chi connectivity index (χ3n) is 5.17. The summed E-state index contributed by atoms with van der Waals surface area (Å²) in [7, 11) is -4.72. The van der Waals surface area contributed by atoms with Crippen LogP contribution in [0.3, 0.4) is 0 Å². The predicted octanol–water partition coefficient (Wildman–Crippen LogP) is 2.98. The maximum atomic E-state index is 12.2. The summed E-state index contributed by atoms with van der Waals surface area (Å²) in [5.74, 6) is 0. The lowest BCUT2D eigenvalue weighted by molar-refractivity contribution is -0.313. The minimum atomic E-state index is -4.72. The summed E-state index contributed by atoms with van der Waals surface area (Å²) in [6.07, 6.45) is -5.08. The molecule has 2 aliphatic rings. The molecule has 4 rings (SSSR count). The second-order valence-electron chi connectivity index (χ2n) is 7.19. The van der Waals surface area contributed by atoms with Crippen molar-refractivity contribution in [3.63, 3.8) is 0 Å². The number of azide groups is 1. The molecule has 1 N–H and O–H groups in total. The van der Waals surface area contributed by atoms with Crippen LogP contribution in [0.1, 0.15) is 17.4 Å². The van der Waals surface area contributed by atoms with Crippen LogP contribution in [0.4, 0.5) is 0 Å². The van der Waals surface area contributed by atoms with Crippen LogP contribution in [0.2, 0.25) is 0 Å². The van der Waals surface area contributed by atoms with Gasteiger partial charge in [-0.15, -0.1) is 0 Å². The molecule has 0 amide bonds. The largest absolute Gasteiger partial charge is 0.369 e. The number of hydrogen-bond acceptors (Lipinski definition) is 7. The van der Waals surface area contributed by atoms with Gasteiger partial charge in [0.15, 0.2) is 12.5 Å². The molecule has 2 aromatic carbocycles. The number of ether oxygens (including phenoxy) is 4. The van der Waals surface area contributed by atoms with Gasteiger partial charge in [0.1, 0.15) is 23.6 Å². The summed E-state index contributed by atoms with van der Waals surface area (Å²) in [5, 5.41) is 1.77. The normalized spacial score (nSPS) is 30.7. The molecule has 0 unspecified atom stereocenters. The molecular weight excluding hydrogens is 426 g/mol. The summed E-state index contributed by atoms with van der Waals surface area (Å²) < 4.78 is 57.8. The summed E-state index contributed by atoms with van der Waals surface area (Å²) in [5.41, 5.74) is 10.4. The SMILES string of the molecule is [N-]=[N+]=N[C@H]1O[C@@H]2CO[C@@H](c3ccccc3)O[C@H]2[C@H](OCc2ccccc2)[C@H]1S(=O)(=O)O. The molecule has 2 heterocycles. The Balaban J connectivity index is 1.66. The summed E-state index contributed by atoms with van der Waals surface area (Å²) in [4.78, 5) is 2.66. The quantitative estimate of drug-likeness (QED) is 0.311. The summed E-state index contributed by atoms with van der Waals surface area (Å²) in [6.45, 7) is 0.120. The highest BCUT2D eigenvalue weighted by atomic mass is 32.2. The number of nitrogens with zero attached hydrogens (tertiary/aromatic N) is 3. The van der Waals surface area contributed by atoms with E-state index in [4.69, 9.17) is 24.5 Å². The Labute approximate surface area is 179 Å². The third kappa shape index (κ3) is 4.89. The molecule has 11 heteroatoms. The maximum absolute atomic E-state index is 12.2. The van der Waals surface area contributed by atoms with Crippen molar-refractivity contribution in [2.75, 3.05) is 6.61 Å². The molecule has 6 atom stereocenters. The molecule has 2 fully saturated rings. The van der Waals surface area contributed by atoms with Gasteiger partial charge >= 0.3 is 0 Å². The second-order valence-corrected chi connectivity index (χ2v) is 8.76. The highest BCUT2D eigenvalue weighted by molar-refractivity contribution is 7.86. The fraction of sp³-hybridized carbons (Fsp3) is 0.400. The van der Waals surface area contributed by atoms with Gasteiger partial charge in [-0.2, -0.15) is 8.42 Å². The van der Waals surface area contributed by atoms with Crippen molar-refractivity contribution in [1.82, 2.24) is 0 Å². The molecule has 31 heavy (non-hydrogen) atoms. The lowest BCUT2D eigenvalue weighted by Gasteiger charge is -2.47. The first-order valence-electron chi connectivity index (χ1n) is 9.61. The molecular formula is C20H21N3O7S. The Hall–Kier alpha value is -2.50. The Morgan fingerprint density at radius 3 is 2.42 bits per heavy atom. The molecule has 0 spiro atoms. The van der Waals surface area contributed by atoms with Gasteiger partial charge in [0.05, 0.1) is 13.2 Å². The molecule has 0 saturated carbocycles. The van der Waals surface area contributed by atoms with Gasteiger partial charge in [0.2, 0.25) is 0 Å². The fourth-order valence-electron chi connectivity index (χ4n) is 3.76. The molecule has 2 aliphatic heterocycles. The molecule has 0 radical (unpaired) electrons. The van der Waals surface area contributed by atoms with E-state index in [1.807, 2.05) is 60.7 Å². The van der Waals surface area contributed by atoms with Crippen molar-refractivity contribution in [1.29, 1.82) is 0 Å². The topological polar surface area (TPSA) is 140 Å². The molecule has 2 aromatic rings. The van der Waals surface area contributed by atoms with Crippen molar-refractivity contribution in [2.45, 2.75) is 42.7 Å². The van der Waals surface area contributed by atoms with E-state index in [1.54, 1.807) is 0 Å². The van der Waals surface area contributed by atoms with Gasteiger partial charge in [-0.05, 0) is 11.1 Å². The van der Waals surface area contributed by atoms with Crippen LogP contribution >= 0.6 is 0 Å². The van der Waals surface area contributed by atoms with Crippen LogP contribution in [0.25, 0.3) is 10.4 Å². The number of hydrogen-bond donors (Lipinski definition) is 1. The van der Waals surface area contributed by atoms with E-state index in [-0.39, 0.29) is 13.2 Å². The molecule has 10 nitrogen and oxygen atoms in total. The van der Waals surface area contributed by atoms with Gasteiger partial charge in [0, 0.05) is 10.5 Å². The van der Waals surface area contributed by atoms with E-state index >= 15 is 0 Å². The van der Waals surface area contributed by atoms with Gasteiger partial charge < -0.3 is 18.9 Å². The van der Waals surface area contributed by atoms with Gasteiger partial charge in [0.25, 0.3) is 10.1 Å². The molecule has 0 aromatic heterocycles. The zero-order valence-corrected chi connectivity index (χ0v) is 17.1. The van der Waals surface area contributed by atoms with Gasteiger partial charge in [-0.3, -0.25) is 4.55 Å². The zero-order valence-electron chi connectivity index (χ0n) is 16.3. The van der Waals surface area contributed by atoms with Gasteiger partial charge in [-0.25, -0.2) is 0 Å². The van der Waals surface area contributed by atoms with Crippen molar-refractivity contribution < 1.29 is 31.9 Å². The number of fused-ring (bicyclic) bond motifs is 1.